The van der Waals surface area contributed by atoms with Crippen LogP contribution in [0.5, 0.6) is 0 Å². The molecule has 100 valence electrons. The maximum absolute atomic E-state index is 3.96. The Morgan fingerprint density at radius 3 is 2.63 bits per heavy atom. The van der Waals surface area contributed by atoms with Gasteiger partial charge in [-0.3, -0.25) is 5.10 Å². The molecule has 0 atom stereocenters. The summed E-state index contributed by atoms with van der Waals surface area (Å²) in [5.41, 5.74) is 2.50. The Labute approximate surface area is 113 Å². The van der Waals surface area contributed by atoms with Gasteiger partial charge in [-0.25, -0.2) is 0 Å². The highest BCUT2D eigenvalue weighted by Crippen LogP contribution is 2.19. The highest BCUT2D eigenvalue weighted by molar-refractivity contribution is 5.46. The van der Waals surface area contributed by atoms with Gasteiger partial charge in [0.2, 0.25) is 0 Å². The van der Waals surface area contributed by atoms with Gasteiger partial charge in [-0.15, -0.1) is 0 Å². The second-order valence-electron chi connectivity index (χ2n) is 5.06. The maximum atomic E-state index is 3.96. The fraction of sp³-hybridized carbons (Fsp3) is 0.400. The van der Waals surface area contributed by atoms with E-state index in [-0.39, 0.29) is 0 Å². The summed E-state index contributed by atoms with van der Waals surface area (Å²) in [5, 5.41) is 10.6. The molecule has 0 radical (unpaired) electrons. The first-order valence-corrected chi connectivity index (χ1v) is 6.93. The lowest BCUT2D eigenvalue weighted by Crippen LogP contribution is -2.42. The number of para-hydroxylation sites is 1. The Morgan fingerprint density at radius 1 is 1.16 bits per heavy atom. The lowest BCUT2D eigenvalue weighted by atomic mass is 10.0. The normalized spacial score (nSPS) is 16.7. The summed E-state index contributed by atoms with van der Waals surface area (Å²) < 4.78 is 0. The van der Waals surface area contributed by atoms with Crippen LogP contribution < -0.4 is 10.2 Å². The highest BCUT2D eigenvalue weighted by Gasteiger charge is 2.18. The van der Waals surface area contributed by atoms with E-state index in [1.807, 2.05) is 6.07 Å². The number of hydrogen-bond donors (Lipinski definition) is 2. The number of anilines is 1. The fourth-order valence-corrected chi connectivity index (χ4v) is 2.62. The molecule has 0 unspecified atom stereocenters. The number of aromatic nitrogens is 2. The predicted molar refractivity (Wildman–Crippen MR) is 77.1 cm³/mol. The van der Waals surface area contributed by atoms with E-state index in [4.69, 9.17) is 0 Å². The van der Waals surface area contributed by atoms with Gasteiger partial charge >= 0.3 is 0 Å². The molecule has 19 heavy (non-hydrogen) atoms. The van der Waals surface area contributed by atoms with Crippen LogP contribution in [-0.2, 0) is 6.54 Å². The molecular weight excluding hydrogens is 236 g/mol. The number of nitrogens with zero attached hydrogens (tertiary/aromatic N) is 2. The van der Waals surface area contributed by atoms with Gasteiger partial charge in [0.25, 0.3) is 0 Å². The van der Waals surface area contributed by atoms with E-state index in [2.05, 4.69) is 50.7 Å². The third-order valence-corrected chi connectivity index (χ3v) is 3.76. The van der Waals surface area contributed by atoms with Gasteiger partial charge in [0.15, 0.2) is 0 Å². The van der Waals surface area contributed by atoms with E-state index in [9.17, 15) is 0 Å². The van der Waals surface area contributed by atoms with Crippen LogP contribution in [0.2, 0.25) is 0 Å². The van der Waals surface area contributed by atoms with Crippen LogP contribution in [0.3, 0.4) is 0 Å². The third kappa shape index (κ3) is 3.15. The zero-order valence-corrected chi connectivity index (χ0v) is 11.0. The quantitative estimate of drug-likeness (QED) is 0.881. The summed E-state index contributed by atoms with van der Waals surface area (Å²) in [6.07, 6.45) is 4.20. The SMILES string of the molecule is c1ccc(N2CCC(NCc3ccn[nH]3)CC2)cc1. The smallest absolute Gasteiger partial charge is 0.0490 e. The van der Waals surface area contributed by atoms with Crippen LogP contribution >= 0.6 is 0 Å². The largest absolute Gasteiger partial charge is 0.371 e. The molecule has 0 saturated carbocycles. The number of benzene rings is 1. The maximum Gasteiger partial charge on any atom is 0.0490 e. The lowest BCUT2D eigenvalue weighted by molar-refractivity contribution is 0.412. The Kier molecular flexibility index (Phi) is 3.79. The third-order valence-electron chi connectivity index (χ3n) is 3.76. The number of H-pyrrole nitrogens is 1. The molecule has 1 saturated heterocycles. The molecule has 2 aromatic rings. The van der Waals surface area contributed by atoms with Gasteiger partial charge < -0.3 is 10.2 Å². The number of piperidine rings is 1. The zero-order valence-electron chi connectivity index (χ0n) is 11.0. The molecule has 0 amide bonds. The molecule has 4 heteroatoms. The van der Waals surface area contributed by atoms with Crippen molar-refractivity contribution in [3.8, 4) is 0 Å². The minimum absolute atomic E-state index is 0.614. The standard InChI is InChI=1S/C15H20N4/c1-2-4-15(5-3-1)19-10-7-13(8-11-19)16-12-14-6-9-17-18-14/h1-6,9,13,16H,7-8,10-12H2,(H,17,18). The fourth-order valence-electron chi connectivity index (χ4n) is 2.62. The van der Waals surface area contributed by atoms with Crippen molar-refractivity contribution < 1.29 is 0 Å². The van der Waals surface area contributed by atoms with Crippen LogP contribution in [0.15, 0.2) is 42.6 Å². The van der Waals surface area contributed by atoms with E-state index in [0.717, 1.165) is 25.3 Å². The van der Waals surface area contributed by atoms with E-state index in [1.54, 1.807) is 6.20 Å². The Hall–Kier alpha value is -1.81. The number of hydrogen-bond acceptors (Lipinski definition) is 3. The van der Waals surface area contributed by atoms with E-state index in [0.29, 0.717) is 6.04 Å². The topological polar surface area (TPSA) is 44.0 Å². The summed E-state index contributed by atoms with van der Waals surface area (Å²) in [6, 6.07) is 13.3. The molecular formula is C15H20N4. The van der Waals surface area contributed by atoms with Gasteiger partial charge in [-0.2, -0.15) is 5.10 Å². The van der Waals surface area contributed by atoms with Gasteiger partial charge in [0.1, 0.15) is 0 Å². The second-order valence-corrected chi connectivity index (χ2v) is 5.06. The molecule has 1 fully saturated rings. The second kappa shape index (κ2) is 5.89. The molecule has 1 aliphatic rings. The number of aromatic amines is 1. The first-order valence-electron chi connectivity index (χ1n) is 6.93. The van der Waals surface area contributed by atoms with Crippen molar-refractivity contribution in [3.05, 3.63) is 48.3 Å². The number of nitrogens with one attached hydrogen (secondary N) is 2. The van der Waals surface area contributed by atoms with Crippen LogP contribution in [0, 0.1) is 0 Å². The highest BCUT2D eigenvalue weighted by atomic mass is 15.2. The van der Waals surface area contributed by atoms with E-state index < -0.39 is 0 Å². The van der Waals surface area contributed by atoms with Gasteiger partial charge in [0, 0.05) is 43.3 Å². The van der Waals surface area contributed by atoms with Crippen molar-refractivity contribution in [1.29, 1.82) is 0 Å². The lowest BCUT2D eigenvalue weighted by Gasteiger charge is -2.34. The molecule has 0 aliphatic carbocycles. The minimum atomic E-state index is 0.614. The first-order chi connectivity index (χ1) is 9.42. The zero-order chi connectivity index (χ0) is 12.9. The molecule has 4 nitrogen and oxygen atoms in total. The molecule has 3 rings (SSSR count). The molecule has 0 spiro atoms. The summed E-state index contributed by atoms with van der Waals surface area (Å²) in [7, 11) is 0. The van der Waals surface area contributed by atoms with Crippen LogP contribution in [0.4, 0.5) is 5.69 Å². The molecule has 0 bridgehead atoms. The summed E-state index contributed by atoms with van der Waals surface area (Å²) >= 11 is 0. The summed E-state index contributed by atoms with van der Waals surface area (Å²) in [6.45, 7) is 3.14. The minimum Gasteiger partial charge on any atom is -0.371 e. The van der Waals surface area contributed by atoms with Crippen LogP contribution in [0.25, 0.3) is 0 Å². The van der Waals surface area contributed by atoms with Crippen molar-refractivity contribution in [1.82, 2.24) is 15.5 Å². The van der Waals surface area contributed by atoms with Crippen molar-refractivity contribution in [2.45, 2.75) is 25.4 Å². The average molecular weight is 256 g/mol. The number of rotatable bonds is 4. The first kappa shape index (κ1) is 12.2. The summed E-state index contributed by atoms with van der Waals surface area (Å²) in [4.78, 5) is 2.47. The average Bonchev–Trinajstić information content (AvgIpc) is 3.00. The van der Waals surface area contributed by atoms with Crippen molar-refractivity contribution >= 4 is 5.69 Å². The van der Waals surface area contributed by atoms with E-state index >= 15 is 0 Å². The van der Waals surface area contributed by atoms with E-state index in [1.165, 1.54) is 18.5 Å². The summed E-state index contributed by atoms with van der Waals surface area (Å²) in [5.74, 6) is 0. The van der Waals surface area contributed by atoms with Crippen molar-refractivity contribution in [3.63, 3.8) is 0 Å². The van der Waals surface area contributed by atoms with Crippen LogP contribution in [0.1, 0.15) is 18.5 Å². The van der Waals surface area contributed by atoms with Crippen molar-refractivity contribution in [2.24, 2.45) is 0 Å². The molecule has 1 aromatic carbocycles. The van der Waals surface area contributed by atoms with Crippen molar-refractivity contribution in [2.75, 3.05) is 18.0 Å². The molecule has 1 aromatic heterocycles. The Balaban J connectivity index is 1.47. The Morgan fingerprint density at radius 2 is 1.95 bits per heavy atom. The monoisotopic (exact) mass is 256 g/mol. The van der Waals surface area contributed by atoms with Gasteiger partial charge in [-0.05, 0) is 31.0 Å². The molecule has 2 heterocycles. The molecule has 1 aliphatic heterocycles. The Bertz CT molecular complexity index is 472. The van der Waals surface area contributed by atoms with Gasteiger partial charge in [-0.1, -0.05) is 18.2 Å². The molecule has 2 N–H and O–H groups in total. The van der Waals surface area contributed by atoms with Crippen LogP contribution in [-0.4, -0.2) is 29.3 Å². The predicted octanol–water partition coefficient (Wildman–Crippen LogP) is 2.17. The van der Waals surface area contributed by atoms with Gasteiger partial charge in [0.05, 0.1) is 0 Å².